The van der Waals surface area contributed by atoms with Crippen LogP contribution in [-0.4, -0.2) is 22.6 Å². The molecule has 0 amide bonds. The molecule has 2 fully saturated rings. The zero-order chi connectivity index (χ0) is 10.3. The number of aromatic nitrogens is 2. The van der Waals surface area contributed by atoms with Crippen molar-refractivity contribution < 1.29 is 0 Å². The molecule has 1 aliphatic heterocycles. The van der Waals surface area contributed by atoms with E-state index in [1.54, 1.807) is 0 Å². The minimum atomic E-state index is 0.548. The Balaban J connectivity index is 1.76. The summed E-state index contributed by atoms with van der Waals surface area (Å²) in [5.41, 5.74) is 1.98. The molecular weight excluding hydrogens is 186 g/mol. The predicted molar refractivity (Wildman–Crippen MR) is 59.8 cm³/mol. The number of imidazole rings is 1. The molecule has 0 spiro atoms. The lowest BCUT2D eigenvalue weighted by molar-refractivity contribution is 0.129. The molecule has 3 nitrogen and oxygen atoms in total. The highest BCUT2D eigenvalue weighted by Gasteiger charge is 2.33. The molecule has 0 atom stereocenters. The Labute approximate surface area is 90.9 Å². The number of nitrogens with zero attached hydrogens (tertiary/aromatic N) is 2. The lowest BCUT2D eigenvalue weighted by Crippen LogP contribution is -2.41. The van der Waals surface area contributed by atoms with Gasteiger partial charge in [0.2, 0.25) is 0 Å². The van der Waals surface area contributed by atoms with Crippen LogP contribution in [0.2, 0.25) is 0 Å². The van der Waals surface area contributed by atoms with Crippen molar-refractivity contribution in [3.8, 4) is 0 Å². The lowest BCUT2D eigenvalue weighted by atomic mass is 9.70. The van der Waals surface area contributed by atoms with Crippen molar-refractivity contribution in [2.45, 2.75) is 38.6 Å². The van der Waals surface area contributed by atoms with E-state index in [-0.39, 0.29) is 0 Å². The third-order valence-corrected chi connectivity index (χ3v) is 4.06. The van der Waals surface area contributed by atoms with Crippen molar-refractivity contribution in [1.82, 2.24) is 14.9 Å². The van der Waals surface area contributed by atoms with E-state index in [0.717, 1.165) is 13.1 Å². The Hall–Kier alpha value is -0.830. The molecule has 3 heteroatoms. The maximum absolute atomic E-state index is 4.30. The molecule has 1 aromatic heterocycles. The minimum Gasteiger partial charge on any atom is -0.334 e. The summed E-state index contributed by atoms with van der Waals surface area (Å²) in [7, 11) is 0. The van der Waals surface area contributed by atoms with Crippen molar-refractivity contribution in [1.29, 1.82) is 0 Å². The van der Waals surface area contributed by atoms with Crippen LogP contribution >= 0.6 is 0 Å². The second kappa shape index (κ2) is 3.34. The predicted octanol–water partition coefficient (Wildman–Crippen LogP) is 1.76. The topological polar surface area (TPSA) is 29.9 Å². The van der Waals surface area contributed by atoms with E-state index in [4.69, 9.17) is 0 Å². The van der Waals surface area contributed by atoms with Gasteiger partial charge in [-0.15, -0.1) is 0 Å². The van der Waals surface area contributed by atoms with Crippen molar-refractivity contribution >= 4 is 0 Å². The van der Waals surface area contributed by atoms with Crippen LogP contribution in [0, 0.1) is 5.41 Å². The maximum Gasteiger partial charge on any atom is 0.0948 e. The number of rotatable bonds is 3. The molecule has 0 radical (unpaired) electrons. The zero-order valence-electron chi connectivity index (χ0n) is 9.37. The summed E-state index contributed by atoms with van der Waals surface area (Å²) in [6, 6.07) is 0. The normalized spacial score (nSPS) is 24.6. The fourth-order valence-corrected chi connectivity index (χ4v) is 2.65. The van der Waals surface area contributed by atoms with E-state index >= 15 is 0 Å². The van der Waals surface area contributed by atoms with Crippen molar-refractivity contribution in [2.24, 2.45) is 5.41 Å². The van der Waals surface area contributed by atoms with Gasteiger partial charge in [-0.05, 0) is 18.3 Å². The van der Waals surface area contributed by atoms with Crippen LogP contribution in [-0.2, 0) is 6.54 Å². The van der Waals surface area contributed by atoms with Crippen LogP contribution in [0.15, 0.2) is 12.5 Å². The Kier molecular flexibility index (Phi) is 2.09. The van der Waals surface area contributed by atoms with Gasteiger partial charge < -0.3 is 9.88 Å². The summed E-state index contributed by atoms with van der Waals surface area (Å²) < 4.78 is 2.38. The average Bonchev–Trinajstić information content (AvgIpc) is 2.48. The Morgan fingerprint density at radius 3 is 2.87 bits per heavy atom. The highest BCUT2D eigenvalue weighted by molar-refractivity contribution is 5.12. The summed E-state index contributed by atoms with van der Waals surface area (Å²) in [6.45, 7) is 5.82. The van der Waals surface area contributed by atoms with Crippen molar-refractivity contribution in [2.75, 3.05) is 13.1 Å². The van der Waals surface area contributed by atoms with Crippen LogP contribution in [0.25, 0.3) is 0 Å². The zero-order valence-corrected chi connectivity index (χ0v) is 9.37. The van der Waals surface area contributed by atoms with Crippen LogP contribution < -0.4 is 5.32 Å². The smallest absolute Gasteiger partial charge is 0.0948 e. The first kappa shape index (κ1) is 9.40. The van der Waals surface area contributed by atoms with E-state index in [9.17, 15) is 0 Å². The summed E-state index contributed by atoms with van der Waals surface area (Å²) in [5.74, 6) is 0.705. The standard InChI is InChI=1S/C12H19N3/c1-12(3-2-4-12)8-15-9-14-7-11(15)10-5-13-6-10/h7,9-10,13H,2-6,8H2,1H3. The molecule has 1 aromatic rings. The second-order valence-electron chi connectivity index (χ2n) is 5.47. The lowest BCUT2D eigenvalue weighted by Gasteiger charge is -2.40. The van der Waals surface area contributed by atoms with Gasteiger partial charge in [0, 0.05) is 37.4 Å². The summed E-state index contributed by atoms with van der Waals surface area (Å²) in [4.78, 5) is 4.30. The SMILES string of the molecule is CC1(Cn2cncc2C2CNC2)CCC1. The van der Waals surface area contributed by atoms with Gasteiger partial charge in [-0.25, -0.2) is 4.98 Å². The second-order valence-corrected chi connectivity index (χ2v) is 5.47. The average molecular weight is 205 g/mol. The van der Waals surface area contributed by atoms with E-state index in [2.05, 4.69) is 21.8 Å². The highest BCUT2D eigenvalue weighted by atomic mass is 15.1. The first-order valence-corrected chi connectivity index (χ1v) is 5.98. The monoisotopic (exact) mass is 205 g/mol. The third-order valence-electron chi connectivity index (χ3n) is 4.06. The largest absolute Gasteiger partial charge is 0.334 e. The van der Waals surface area contributed by atoms with Crippen LogP contribution in [0.4, 0.5) is 0 Å². The van der Waals surface area contributed by atoms with E-state index in [1.165, 1.54) is 31.5 Å². The molecule has 82 valence electrons. The van der Waals surface area contributed by atoms with Crippen LogP contribution in [0.5, 0.6) is 0 Å². The van der Waals surface area contributed by atoms with Gasteiger partial charge in [0.25, 0.3) is 0 Å². The van der Waals surface area contributed by atoms with Gasteiger partial charge >= 0.3 is 0 Å². The summed E-state index contributed by atoms with van der Waals surface area (Å²) in [5, 5.41) is 3.33. The van der Waals surface area contributed by atoms with Gasteiger partial charge in [-0.2, -0.15) is 0 Å². The number of hydrogen-bond acceptors (Lipinski definition) is 2. The van der Waals surface area contributed by atoms with Crippen molar-refractivity contribution in [3.63, 3.8) is 0 Å². The maximum atomic E-state index is 4.30. The molecule has 2 aliphatic rings. The quantitative estimate of drug-likeness (QED) is 0.815. The van der Waals surface area contributed by atoms with E-state index < -0.39 is 0 Å². The fraction of sp³-hybridized carbons (Fsp3) is 0.750. The molecule has 1 N–H and O–H groups in total. The summed E-state index contributed by atoms with van der Waals surface area (Å²) in [6.07, 6.45) is 8.23. The molecule has 1 saturated heterocycles. The van der Waals surface area contributed by atoms with Gasteiger partial charge in [0.1, 0.15) is 0 Å². The molecule has 2 heterocycles. The first-order valence-electron chi connectivity index (χ1n) is 5.98. The molecule has 1 saturated carbocycles. The number of hydrogen-bond donors (Lipinski definition) is 1. The fourth-order valence-electron chi connectivity index (χ4n) is 2.65. The number of nitrogens with one attached hydrogen (secondary N) is 1. The van der Waals surface area contributed by atoms with Gasteiger partial charge in [-0.1, -0.05) is 13.3 Å². The molecule has 15 heavy (non-hydrogen) atoms. The molecular formula is C12H19N3. The third kappa shape index (κ3) is 1.59. The van der Waals surface area contributed by atoms with Crippen LogP contribution in [0.1, 0.15) is 37.8 Å². The van der Waals surface area contributed by atoms with Gasteiger partial charge in [-0.3, -0.25) is 0 Å². The van der Waals surface area contributed by atoms with Crippen molar-refractivity contribution in [3.05, 3.63) is 18.2 Å². The molecule has 0 unspecified atom stereocenters. The van der Waals surface area contributed by atoms with E-state index in [1.807, 2.05) is 12.5 Å². The Morgan fingerprint density at radius 2 is 2.33 bits per heavy atom. The molecule has 1 aliphatic carbocycles. The molecule has 0 bridgehead atoms. The molecule has 0 aromatic carbocycles. The first-order chi connectivity index (χ1) is 7.27. The Bertz CT molecular complexity index is 348. The molecule has 3 rings (SSSR count). The Morgan fingerprint density at radius 1 is 1.53 bits per heavy atom. The van der Waals surface area contributed by atoms with E-state index in [0.29, 0.717) is 11.3 Å². The summed E-state index contributed by atoms with van der Waals surface area (Å²) >= 11 is 0. The van der Waals surface area contributed by atoms with Gasteiger partial charge in [0.05, 0.1) is 6.33 Å². The van der Waals surface area contributed by atoms with Gasteiger partial charge in [0.15, 0.2) is 0 Å². The minimum absolute atomic E-state index is 0.548. The van der Waals surface area contributed by atoms with Crippen LogP contribution in [0.3, 0.4) is 0 Å². The highest BCUT2D eigenvalue weighted by Crippen LogP contribution is 2.42.